The van der Waals surface area contributed by atoms with Crippen molar-refractivity contribution in [3.8, 4) is 5.75 Å². The molecule has 0 atom stereocenters. The van der Waals surface area contributed by atoms with Gasteiger partial charge in [0.1, 0.15) is 16.4 Å². The molecule has 0 saturated heterocycles. The number of hydrogen-bond acceptors (Lipinski definition) is 5. The fourth-order valence-electron chi connectivity index (χ4n) is 2.42. The highest BCUT2D eigenvalue weighted by atomic mass is 32.1. The van der Waals surface area contributed by atoms with Gasteiger partial charge in [-0.25, -0.2) is 0 Å². The summed E-state index contributed by atoms with van der Waals surface area (Å²) in [4.78, 5) is 13.0. The molecular formula is C18H17N3O2S2. The van der Waals surface area contributed by atoms with Crippen molar-refractivity contribution in [2.24, 2.45) is 0 Å². The molecular weight excluding hydrogens is 354 g/mol. The summed E-state index contributed by atoms with van der Waals surface area (Å²) in [6, 6.07) is 17.1. The van der Waals surface area contributed by atoms with Gasteiger partial charge in [0.15, 0.2) is 3.95 Å². The van der Waals surface area contributed by atoms with E-state index in [9.17, 15) is 4.79 Å². The first kappa shape index (κ1) is 17.2. The molecule has 0 radical (unpaired) electrons. The molecule has 0 saturated carbocycles. The monoisotopic (exact) mass is 371 g/mol. The second-order valence-electron chi connectivity index (χ2n) is 5.31. The van der Waals surface area contributed by atoms with E-state index in [-0.39, 0.29) is 5.91 Å². The zero-order valence-electron chi connectivity index (χ0n) is 13.6. The van der Waals surface area contributed by atoms with Gasteiger partial charge in [0, 0.05) is 0 Å². The Morgan fingerprint density at radius 1 is 1.20 bits per heavy atom. The summed E-state index contributed by atoms with van der Waals surface area (Å²) in [5, 5.41) is 2.83. The van der Waals surface area contributed by atoms with E-state index in [4.69, 9.17) is 22.7 Å². The van der Waals surface area contributed by atoms with Crippen LogP contribution in [0.3, 0.4) is 0 Å². The summed E-state index contributed by atoms with van der Waals surface area (Å²) >= 11 is 6.59. The van der Waals surface area contributed by atoms with E-state index in [0.29, 0.717) is 32.6 Å². The second-order valence-corrected chi connectivity index (χ2v) is 6.95. The molecule has 0 spiro atoms. The maximum atomic E-state index is 12.6. The van der Waals surface area contributed by atoms with E-state index >= 15 is 0 Å². The summed E-state index contributed by atoms with van der Waals surface area (Å²) < 4.78 is 7.58. The molecule has 0 aliphatic carbocycles. The zero-order chi connectivity index (χ0) is 17.8. The number of rotatable bonds is 5. The lowest BCUT2D eigenvalue weighted by molar-refractivity contribution is 0.103. The van der Waals surface area contributed by atoms with Crippen molar-refractivity contribution in [1.82, 2.24) is 4.57 Å². The van der Waals surface area contributed by atoms with Crippen molar-refractivity contribution in [3.05, 3.63) is 69.0 Å². The Bertz CT molecular complexity index is 948. The summed E-state index contributed by atoms with van der Waals surface area (Å²) in [7, 11) is 1.56. The van der Waals surface area contributed by atoms with Crippen molar-refractivity contribution in [3.63, 3.8) is 0 Å². The van der Waals surface area contributed by atoms with Gasteiger partial charge < -0.3 is 20.4 Å². The number of nitrogens with one attached hydrogen (secondary N) is 1. The molecule has 128 valence electrons. The van der Waals surface area contributed by atoms with Crippen LogP contribution in [0.25, 0.3) is 0 Å². The minimum absolute atomic E-state index is 0.301. The number of nitrogens with two attached hydrogens (primary N) is 1. The zero-order valence-corrected chi connectivity index (χ0v) is 15.2. The number of amides is 1. The van der Waals surface area contributed by atoms with Gasteiger partial charge in [-0.05, 0) is 29.9 Å². The number of aromatic nitrogens is 1. The molecule has 3 N–H and O–H groups in total. The third-order valence-electron chi connectivity index (χ3n) is 3.68. The van der Waals surface area contributed by atoms with Crippen LogP contribution in [0.1, 0.15) is 15.2 Å². The number of carbonyl (C=O) groups excluding carboxylic acids is 1. The largest absolute Gasteiger partial charge is 0.495 e. The maximum absolute atomic E-state index is 12.6. The Morgan fingerprint density at radius 3 is 2.60 bits per heavy atom. The van der Waals surface area contributed by atoms with Crippen molar-refractivity contribution in [2.75, 3.05) is 18.2 Å². The number of carbonyl (C=O) groups is 1. The third kappa shape index (κ3) is 3.72. The van der Waals surface area contributed by atoms with Gasteiger partial charge >= 0.3 is 0 Å². The number of nitrogens with zero attached hydrogens (tertiary/aromatic N) is 1. The van der Waals surface area contributed by atoms with Crippen LogP contribution in [0.15, 0.2) is 54.6 Å². The van der Waals surface area contributed by atoms with Gasteiger partial charge in [-0.15, -0.1) is 0 Å². The first-order valence-electron chi connectivity index (χ1n) is 7.57. The molecule has 25 heavy (non-hydrogen) atoms. The number of para-hydroxylation sites is 2. The van der Waals surface area contributed by atoms with Crippen molar-refractivity contribution >= 4 is 41.0 Å². The average Bonchev–Trinajstić information content (AvgIpc) is 2.91. The number of anilines is 2. The topological polar surface area (TPSA) is 69.3 Å². The molecule has 3 rings (SSSR count). The molecule has 1 amide bonds. The van der Waals surface area contributed by atoms with Crippen molar-refractivity contribution in [2.45, 2.75) is 6.54 Å². The van der Waals surface area contributed by atoms with E-state index in [0.717, 1.165) is 5.56 Å². The fourth-order valence-corrected chi connectivity index (χ4v) is 3.64. The van der Waals surface area contributed by atoms with E-state index in [1.165, 1.54) is 11.3 Å². The van der Waals surface area contributed by atoms with Crippen molar-refractivity contribution < 1.29 is 9.53 Å². The molecule has 2 aromatic carbocycles. The summed E-state index contributed by atoms with van der Waals surface area (Å²) in [6.45, 7) is 0.532. The van der Waals surface area contributed by atoms with Gasteiger partial charge in [0.2, 0.25) is 0 Å². The minimum Gasteiger partial charge on any atom is -0.495 e. The van der Waals surface area contributed by atoms with Crippen LogP contribution in [0, 0.1) is 3.95 Å². The molecule has 0 aliphatic heterocycles. The number of hydrogen-bond donors (Lipinski definition) is 2. The van der Waals surface area contributed by atoms with Crippen LogP contribution in [0.2, 0.25) is 0 Å². The summed E-state index contributed by atoms with van der Waals surface area (Å²) in [6.07, 6.45) is 0. The standard InChI is InChI=1S/C18H17N3O2S2/c1-23-14-10-6-5-9-13(14)20-17(22)15-16(19)21(18(24)25-15)11-12-7-3-2-4-8-12/h2-10H,11,19H2,1H3,(H,20,22). The average molecular weight is 371 g/mol. The maximum Gasteiger partial charge on any atom is 0.269 e. The number of thiazole rings is 1. The van der Waals surface area contributed by atoms with Gasteiger partial charge in [-0.3, -0.25) is 4.79 Å². The van der Waals surface area contributed by atoms with Gasteiger partial charge in [0.05, 0.1) is 19.3 Å². The fraction of sp³-hybridized carbons (Fsp3) is 0.111. The molecule has 1 heterocycles. The SMILES string of the molecule is COc1ccccc1NC(=O)c1sc(=S)n(Cc2ccccc2)c1N. The highest BCUT2D eigenvalue weighted by Crippen LogP contribution is 2.27. The molecule has 7 heteroatoms. The number of nitrogen functional groups attached to an aromatic ring is 1. The first-order chi connectivity index (χ1) is 12.1. The van der Waals surface area contributed by atoms with Crippen LogP contribution in [0.4, 0.5) is 11.5 Å². The predicted molar refractivity (Wildman–Crippen MR) is 104 cm³/mol. The molecule has 5 nitrogen and oxygen atoms in total. The van der Waals surface area contributed by atoms with Crippen LogP contribution in [-0.2, 0) is 6.54 Å². The molecule has 0 fully saturated rings. The second kappa shape index (κ2) is 7.50. The van der Waals surface area contributed by atoms with Gasteiger partial charge in [-0.2, -0.15) is 0 Å². The van der Waals surface area contributed by atoms with Crippen LogP contribution in [0.5, 0.6) is 5.75 Å². The van der Waals surface area contributed by atoms with E-state index in [2.05, 4.69) is 5.32 Å². The molecule has 0 bridgehead atoms. The van der Waals surface area contributed by atoms with Crippen molar-refractivity contribution in [1.29, 1.82) is 0 Å². The Hall–Kier alpha value is -2.64. The third-order valence-corrected chi connectivity index (χ3v) is 5.14. The van der Waals surface area contributed by atoms with Crippen LogP contribution < -0.4 is 15.8 Å². The molecule has 3 aromatic rings. The predicted octanol–water partition coefficient (Wildman–Crippen LogP) is 4.17. The smallest absolute Gasteiger partial charge is 0.269 e. The first-order valence-corrected chi connectivity index (χ1v) is 8.80. The minimum atomic E-state index is -0.301. The Balaban J connectivity index is 1.87. The van der Waals surface area contributed by atoms with E-state index in [1.54, 1.807) is 23.8 Å². The highest BCUT2D eigenvalue weighted by Gasteiger charge is 2.18. The van der Waals surface area contributed by atoms with E-state index < -0.39 is 0 Å². The van der Waals surface area contributed by atoms with Gasteiger partial charge in [-0.1, -0.05) is 53.8 Å². The number of ether oxygens (including phenoxy) is 1. The highest BCUT2D eigenvalue weighted by molar-refractivity contribution is 7.73. The molecule has 0 aliphatic rings. The molecule has 0 unspecified atom stereocenters. The lowest BCUT2D eigenvalue weighted by atomic mass is 10.2. The summed E-state index contributed by atoms with van der Waals surface area (Å²) in [5.74, 6) is 0.651. The number of methoxy groups -OCH3 is 1. The van der Waals surface area contributed by atoms with E-state index in [1.807, 2.05) is 42.5 Å². The van der Waals surface area contributed by atoms with Crippen LogP contribution >= 0.6 is 23.6 Å². The Kier molecular flexibility index (Phi) is 5.16. The van der Waals surface area contributed by atoms with Gasteiger partial charge in [0.25, 0.3) is 5.91 Å². The lowest BCUT2D eigenvalue weighted by Crippen LogP contribution is -2.14. The quantitative estimate of drug-likeness (QED) is 0.661. The Morgan fingerprint density at radius 2 is 1.88 bits per heavy atom. The number of benzene rings is 2. The summed E-state index contributed by atoms with van der Waals surface area (Å²) in [5.41, 5.74) is 7.85. The molecule has 1 aromatic heterocycles. The van der Waals surface area contributed by atoms with Crippen LogP contribution in [-0.4, -0.2) is 17.6 Å². The normalized spacial score (nSPS) is 10.4. The lowest BCUT2D eigenvalue weighted by Gasteiger charge is -2.10. The Labute approximate surface area is 154 Å².